The summed E-state index contributed by atoms with van der Waals surface area (Å²) in [6, 6.07) is 9.04. The molecule has 0 spiro atoms. The third-order valence-electron chi connectivity index (χ3n) is 6.73. The van der Waals surface area contributed by atoms with E-state index in [4.69, 9.17) is 4.74 Å². The van der Waals surface area contributed by atoms with Crippen LogP contribution in [0.15, 0.2) is 49.1 Å². The molecule has 2 aromatic heterocycles. The second-order valence-electron chi connectivity index (χ2n) is 8.38. The van der Waals surface area contributed by atoms with Crippen molar-refractivity contribution in [3.05, 3.63) is 49.1 Å². The lowest BCUT2D eigenvalue weighted by atomic mass is 9.87. The zero-order valence-corrected chi connectivity index (χ0v) is 16.9. The van der Waals surface area contributed by atoms with Gasteiger partial charge in [0.2, 0.25) is 5.88 Å². The molecule has 5 rings (SSSR count). The molecule has 2 aliphatic rings. The maximum absolute atomic E-state index is 15.2. The normalized spacial score (nSPS) is 28.6. The summed E-state index contributed by atoms with van der Waals surface area (Å²) < 4.78 is 22.9. The fraction of sp³-hybridized carbons (Fsp3) is 0.409. The van der Waals surface area contributed by atoms with Gasteiger partial charge >= 0.3 is 0 Å². The summed E-state index contributed by atoms with van der Waals surface area (Å²) in [6.45, 7) is 1.97. The molecule has 2 fully saturated rings. The standard InChI is InChI=1S/C22H24FN5O2/c1-22-8-7-14(27(22)2)12-19(21(22)23)30-20-6-5-17(25-26-20)16-4-3-15(11-18(16)29)28-10-9-24-13-28/h3-6,9-11,13-14,19,21,29H,7-8,12H2,1-2H3/t14?,19-,21-,22+/m0/s1. The Morgan fingerprint density at radius 3 is 2.80 bits per heavy atom. The molecule has 4 heterocycles. The Balaban J connectivity index is 1.33. The molecule has 0 amide bonds. The van der Waals surface area contributed by atoms with E-state index >= 15 is 4.39 Å². The molecule has 0 aliphatic carbocycles. The van der Waals surface area contributed by atoms with Crippen LogP contribution in [0.1, 0.15) is 26.2 Å². The number of phenols is 1. The summed E-state index contributed by atoms with van der Waals surface area (Å²) in [5.41, 5.74) is 1.39. The molecule has 8 heteroatoms. The van der Waals surface area contributed by atoms with Gasteiger partial charge in [-0.25, -0.2) is 9.37 Å². The van der Waals surface area contributed by atoms with Gasteiger partial charge in [0.15, 0.2) is 6.17 Å². The minimum atomic E-state index is -1.08. The molecule has 1 unspecified atom stereocenters. The SMILES string of the molecule is CN1C2CC[C@]1(C)[C@@H](F)[C@@H](Oc1ccc(-c3ccc(-n4ccnc4)cc3O)nn1)C2. The number of aromatic nitrogens is 4. The van der Waals surface area contributed by atoms with Crippen molar-refractivity contribution < 1.29 is 14.2 Å². The summed E-state index contributed by atoms with van der Waals surface area (Å²) >= 11 is 0. The Morgan fingerprint density at radius 1 is 1.23 bits per heavy atom. The van der Waals surface area contributed by atoms with Crippen LogP contribution in [0, 0.1) is 0 Å². The van der Waals surface area contributed by atoms with Gasteiger partial charge in [0, 0.05) is 42.6 Å². The number of rotatable bonds is 4. The monoisotopic (exact) mass is 409 g/mol. The van der Waals surface area contributed by atoms with Gasteiger partial charge in [-0.2, -0.15) is 0 Å². The topological polar surface area (TPSA) is 76.3 Å². The fourth-order valence-corrected chi connectivity index (χ4v) is 4.74. The average Bonchev–Trinajstić information content (AvgIpc) is 3.35. The summed E-state index contributed by atoms with van der Waals surface area (Å²) in [5.74, 6) is 0.390. The van der Waals surface area contributed by atoms with Gasteiger partial charge in [0.1, 0.15) is 11.9 Å². The molecule has 156 valence electrons. The van der Waals surface area contributed by atoms with Crippen LogP contribution in [0.2, 0.25) is 0 Å². The summed E-state index contributed by atoms with van der Waals surface area (Å²) in [5, 5.41) is 18.8. The van der Waals surface area contributed by atoms with E-state index in [9.17, 15) is 5.11 Å². The number of hydrogen-bond donors (Lipinski definition) is 1. The van der Waals surface area contributed by atoms with Crippen LogP contribution < -0.4 is 4.74 Å². The maximum Gasteiger partial charge on any atom is 0.233 e. The quantitative estimate of drug-likeness (QED) is 0.712. The van der Waals surface area contributed by atoms with Crippen LogP contribution >= 0.6 is 0 Å². The van der Waals surface area contributed by atoms with E-state index in [2.05, 4.69) is 20.1 Å². The second kappa shape index (κ2) is 7.05. The van der Waals surface area contributed by atoms with Gasteiger partial charge in [0.25, 0.3) is 0 Å². The Kier molecular flexibility index (Phi) is 4.47. The maximum atomic E-state index is 15.2. The van der Waals surface area contributed by atoms with Crippen molar-refractivity contribution in [3.63, 3.8) is 0 Å². The highest BCUT2D eigenvalue weighted by molar-refractivity contribution is 5.68. The molecule has 2 saturated heterocycles. The third kappa shape index (κ3) is 3.02. The fourth-order valence-electron chi connectivity index (χ4n) is 4.74. The molecular formula is C22H24FN5O2. The van der Waals surface area contributed by atoms with Gasteiger partial charge in [-0.15, -0.1) is 10.2 Å². The van der Waals surface area contributed by atoms with E-state index in [1.807, 2.05) is 20.0 Å². The van der Waals surface area contributed by atoms with Crippen molar-refractivity contribution >= 4 is 0 Å². The van der Waals surface area contributed by atoms with Crippen molar-refractivity contribution in [2.45, 2.75) is 50.0 Å². The van der Waals surface area contributed by atoms with Crippen molar-refractivity contribution in [3.8, 4) is 28.6 Å². The highest BCUT2D eigenvalue weighted by Crippen LogP contribution is 2.45. The van der Waals surface area contributed by atoms with E-state index in [-0.39, 0.29) is 5.75 Å². The molecule has 3 aromatic rings. The van der Waals surface area contributed by atoms with Crippen LogP contribution in [-0.2, 0) is 0 Å². The minimum absolute atomic E-state index is 0.0906. The van der Waals surface area contributed by atoms with E-state index in [1.54, 1.807) is 47.6 Å². The van der Waals surface area contributed by atoms with Crippen LogP contribution in [0.3, 0.4) is 0 Å². The number of hydrogen-bond acceptors (Lipinski definition) is 6. The average molecular weight is 409 g/mol. The summed E-state index contributed by atoms with van der Waals surface area (Å²) in [4.78, 5) is 6.16. The molecule has 1 aromatic carbocycles. The second-order valence-corrected chi connectivity index (χ2v) is 8.38. The number of fused-ring (bicyclic) bond motifs is 2. The molecule has 1 N–H and O–H groups in total. The number of phenolic OH excluding ortho intramolecular Hbond substituents is 1. The highest BCUT2D eigenvalue weighted by Gasteiger charge is 2.55. The lowest BCUT2D eigenvalue weighted by Crippen LogP contribution is -2.60. The lowest BCUT2D eigenvalue weighted by Gasteiger charge is -2.45. The molecule has 0 saturated carbocycles. The van der Waals surface area contributed by atoms with E-state index < -0.39 is 17.8 Å². The number of ether oxygens (including phenoxy) is 1. The number of aromatic hydroxyl groups is 1. The van der Waals surface area contributed by atoms with Crippen molar-refractivity contribution in [1.29, 1.82) is 0 Å². The molecule has 4 atom stereocenters. The number of benzene rings is 1. The minimum Gasteiger partial charge on any atom is -0.507 e. The molecule has 7 nitrogen and oxygen atoms in total. The van der Waals surface area contributed by atoms with Gasteiger partial charge < -0.3 is 14.4 Å². The lowest BCUT2D eigenvalue weighted by molar-refractivity contribution is -0.0596. The van der Waals surface area contributed by atoms with Crippen molar-refractivity contribution in [1.82, 2.24) is 24.6 Å². The van der Waals surface area contributed by atoms with E-state index in [0.717, 1.165) is 18.5 Å². The number of nitrogens with zero attached hydrogens (tertiary/aromatic N) is 5. The van der Waals surface area contributed by atoms with Crippen LogP contribution in [0.5, 0.6) is 11.6 Å². The third-order valence-corrected chi connectivity index (χ3v) is 6.73. The summed E-state index contributed by atoms with van der Waals surface area (Å²) in [7, 11) is 2.00. The molecule has 2 bridgehead atoms. The summed E-state index contributed by atoms with van der Waals surface area (Å²) in [6.07, 6.45) is 6.01. The Bertz CT molecular complexity index is 1040. The predicted octanol–water partition coefficient (Wildman–Crippen LogP) is 3.38. The molecule has 0 radical (unpaired) electrons. The number of halogens is 1. The largest absolute Gasteiger partial charge is 0.507 e. The van der Waals surface area contributed by atoms with Gasteiger partial charge in [-0.05, 0) is 45.0 Å². The van der Waals surface area contributed by atoms with Crippen molar-refractivity contribution in [2.24, 2.45) is 0 Å². The van der Waals surface area contributed by atoms with Crippen LogP contribution in [0.25, 0.3) is 16.9 Å². The van der Waals surface area contributed by atoms with Gasteiger partial charge in [-0.1, -0.05) is 0 Å². The molecular weight excluding hydrogens is 385 g/mol. The number of imidazole rings is 1. The first-order valence-corrected chi connectivity index (χ1v) is 10.1. The van der Waals surface area contributed by atoms with Crippen molar-refractivity contribution in [2.75, 3.05) is 7.05 Å². The Labute approximate surface area is 174 Å². The van der Waals surface area contributed by atoms with E-state index in [1.165, 1.54) is 0 Å². The van der Waals surface area contributed by atoms with Gasteiger partial charge in [0.05, 0.1) is 23.2 Å². The first-order valence-electron chi connectivity index (χ1n) is 10.1. The number of piperidine rings is 1. The van der Waals surface area contributed by atoms with E-state index in [0.29, 0.717) is 29.6 Å². The Hall–Kier alpha value is -3.00. The first-order chi connectivity index (χ1) is 14.5. The van der Waals surface area contributed by atoms with Crippen LogP contribution in [0.4, 0.5) is 4.39 Å². The smallest absolute Gasteiger partial charge is 0.233 e. The zero-order valence-electron chi connectivity index (χ0n) is 16.9. The number of alkyl halides is 1. The first kappa shape index (κ1) is 19.0. The van der Waals surface area contributed by atoms with Crippen LogP contribution in [-0.4, -0.2) is 60.7 Å². The zero-order chi connectivity index (χ0) is 20.9. The molecule has 2 aliphatic heterocycles. The van der Waals surface area contributed by atoms with Gasteiger partial charge in [-0.3, -0.25) is 4.90 Å². The molecule has 30 heavy (non-hydrogen) atoms. The highest BCUT2D eigenvalue weighted by atomic mass is 19.1. The predicted molar refractivity (Wildman–Crippen MR) is 109 cm³/mol. The Morgan fingerprint density at radius 2 is 2.10 bits per heavy atom.